The van der Waals surface area contributed by atoms with Gasteiger partial charge in [-0.15, -0.1) is 0 Å². The molecule has 2 heterocycles. The average Bonchev–Trinajstić information content (AvgIpc) is 2.75. The summed E-state index contributed by atoms with van der Waals surface area (Å²) in [4.78, 5) is 27.4. The number of ether oxygens (including phenoxy) is 1. The van der Waals surface area contributed by atoms with E-state index >= 15 is 0 Å². The van der Waals surface area contributed by atoms with E-state index in [1.807, 2.05) is 37.3 Å². The normalized spacial score (nSPS) is 22.3. The molecule has 0 bridgehead atoms. The maximum atomic E-state index is 13.1. The van der Waals surface area contributed by atoms with Gasteiger partial charge in [-0.05, 0) is 54.5 Å². The molecule has 0 aliphatic carbocycles. The van der Waals surface area contributed by atoms with Gasteiger partial charge in [0.15, 0.2) is 0 Å². The molecule has 2 fully saturated rings. The summed E-state index contributed by atoms with van der Waals surface area (Å²) >= 11 is 6.81. The Morgan fingerprint density at radius 1 is 1.09 bits per heavy atom. The minimum absolute atomic E-state index is 0.0783. The van der Waals surface area contributed by atoms with E-state index in [-0.39, 0.29) is 29.8 Å². The van der Waals surface area contributed by atoms with Gasteiger partial charge in [-0.2, -0.15) is 0 Å². The third-order valence-corrected chi connectivity index (χ3v) is 6.96. The Hall–Kier alpha value is -2.57. The van der Waals surface area contributed by atoms with Crippen LogP contribution in [0.1, 0.15) is 58.1 Å². The first-order valence-corrected chi connectivity index (χ1v) is 11.8. The zero-order valence-corrected chi connectivity index (χ0v) is 20.5. The van der Waals surface area contributed by atoms with Gasteiger partial charge in [0.05, 0.1) is 22.7 Å². The van der Waals surface area contributed by atoms with Crippen molar-refractivity contribution in [2.24, 2.45) is 0 Å². The second-order valence-corrected chi connectivity index (χ2v) is 10.5. The molecule has 0 aromatic heterocycles. The number of rotatable bonds is 4. The summed E-state index contributed by atoms with van der Waals surface area (Å²) in [6.07, 6.45) is 1.49. The second-order valence-electron chi connectivity index (χ2n) is 10.2. The van der Waals surface area contributed by atoms with Crippen molar-refractivity contribution in [3.63, 3.8) is 0 Å². The Labute approximate surface area is 200 Å². The lowest BCUT2D eigenvalue weighted by Gasteiger charge is -2.43. The quantitative estimate of drug-likeness (QED) is 0.601. The highest BCUT2D eigenvalue weighted by Crippen LogP contribution is 2.39. The van der Waals surface area contributed by atoms with Crippen molar-refractivity contribution in [2.45, 2.75) is 64.0 Å². The molecule has 2 aromatic rings. The molecular formula is C26H32ClN3O3. The van der Waals surface area contributed by atoms with Crippen molar-refractivity contribution in [3.05, 3.63) is 58.6 Å². The molecule has 0 unspecified atom stereocenters. The lowest BCUT2D eigenvalue weighted by Crippen LogP contribution is -2.62. The number of urea groups is 1. The molecule has 0 spiro atoms. The van der Waals surface area contributed by atoms with E-state index in [4.69, 9.17) is 16.3 Å². The number of hydrogen-bond acceptors (Lipinski definition) is 4. The van der Waals surface area contributed by atoms with Crippen molar-refractivity contribution >= 4 is 34.9 Å². The topological polar surface area (TPSA) is 70.7 Å². The minimum Gasteiger partial charge on any atom is -0.381 e. The maximum absolute atomic E-state index is 13.1. The molecule has 6 nitrogen and oxygen atoms in total. The predicted octanol–water partition coefficient (Wildman–Crippen LogP) is 5.72. The Morgan fingerprint density at radius 3 is 2.36 bits per heavy atom. The molecular weight excluding hydrogens is 438 g/mol. The van der Waals surface area contributed by atoms with Crippen molar-refractivity contribution in [1.29, 1.82) is 0 Å². The smallest absolute Gasteiger partial charge is 0.325 e. The summed E-state index contributed by atoms with van der Waals surface area (Å²) in [6, 6.07) is 13.4. The molecule has 4 rings (SSSR count). The number of carbonyl (C=O) groups is 2. The fraction of sp³-hybridized carbons (Fsp3) is 0.462. The van der Waals surface area contributed by atoms with Gasteiger partial charge in [-0.3, -0.25) is 9.69 Å². The van der Waals surface area contributed by atoms with Crippen molar-refractivity contribution in [3.8, 4) is 0 Å². The number of benzene rings is 2. The predicted molar refractivity (Wildman–Crippen MR) is 131 cm³/mol. The third kappa shape index (κ3) is 4.87. The lowest BCUT2D eigenvalue weighted by atomic mass is 9.85. The number of halogens is 1. The van der Waals surface area contributed by atoms with Crippen LogP contribution in [0.3, 0.4) is 0 Å². The van der Waals surface area contributed by atoms with Crippen LogP contribution in [0.5, 0.6) is 0 Å². The summed E-state index contributed by atoms with van der Waals surface area (Å²) in [5.74, 6) is -0.180. The molecule has 0 radical (unpaired) electrons. The largest absolute Gasteiger partial charge is 0.381 e. The molecule has 2 saturated heterocycles. The van der Waals surface area contributed by atoms with Gasteiger partial charge >= 0.3 is 6.03 Å². The van der Waals surface area contributed by atoms with Gasteiger partial charge in [0.25, 0.3) is 0 Å². The Morgan fingerprint density at radius 2 is 1.76 bits per heavy atom. The van der Waals surface area contributed by atoms with Gasteiger partial charge in [0.1, 0.15) is 0 Å². The SMILES string of the molecule is CC(C)(C)c1ccc(Nc2cccc([C@]3(C)CC(=O)N(C4CCOCC4)C(=O)N3)c2Cl)cc1. The van der Waals surface area contributed by atoms with E-state index in [9.17, 15) is 9.59 Å². The number of amides is 3. The molecule has 2 aliphatic heterocycles. The molecule has 0 saturated carbocycles. The van der Waals surface area contributed by atoms with Crippen molar-refractivity contribution in [2.75, 3.05) is 18.5 Å². The molecule has 1 atom stereocenters. The fourth-order valence-corrected chi connectivity index (χ4v) is 4.96. The van der Waals surface area contributed by atoms with Crippen LogP contribution in [-0.2, 0) is 20.5 Å². The summed E-state index contributed by atoms with van der Waals surface area (Å²) in [5.41, 5.74) is 2.80. The Kier molecular flexibility index (Phi) is 6.43. The average molecular weight is 470 g/mol. The van der Waals surface area contributed by atoms with Gasteiger partial charge in [0.2, 0.25) is 5.91 Å². The minimum atomic E-state index is -0.888. The molecule has 2 aromatic carbocycles. The molecule has 3 amide bonds. The van der Waals surface area contributed by atoms with Gasteiger partial charge in [0, 0.05) is 24.9 Å². The van der Waals surface area contributed by atoms with Gasteiger partial charge in [-0.25, -0.2) is 4.79 Å². The molecule has 2 aliphatic rings. The zero-order chi connectivity index (χ0) is 23.8. The summed E-state index contributed by atoms with van der Waals surface area (Å²) < 4.78 is 5.38. The molecule has 7 heteroatoms. The summed E-state index contributed by atoms with van der Waals surface area (Å²) in [6.45, 7) is 9.52. The Balaban J connectivity index is 1.55. The van der Waals surface area contributed by atoms with E-state index in [1.54, 1.807) is 0 Å². The highest BCUT2D eigenvalue weighted by atomic mass is 35.5. The highest BCUT2D eigenvalue weighted by molar-refractivity contribution is 6.34. The standard InChI is InChI=1S/C26H32ClN3O3/c1-25(2,3)17-8-10-18(11-9-17)28-21-7-5-6-20(23(21)27)26(4)16-22(31)30(24(32)29-26)19-12-14-33-15-13-19/h5-11,19,28H,12-16H2,1-4H3,(H,29,32)/t26-/m0/s1. The first kappa shape index (κ1) is 23.6. The number of hydrogen-bond donors (Lipinski definition) is 2. The number of nitrogens with zero attached hydrogens (tertiary/aromatic N) is 1. The number of carbonyl (C=O) groups excluding carboxylic acids is 2. The van der Waals surface area contributed by atoms with Crippen LogP contribution < -0.4 is 10.6 Å². The monoisotopic (exact) mass is 469 g/mol. The van der Waals surface area contributed by atoms with Crippen LogP contribution >= 0.6 is 11.6 Å². The van der Waals surface area contributed by atoms with Crippen molar-refractivity contribution < 1.29 is 14.3 Å². The fourth-order valence-electron chi connectivity index (χ4n) is 4.58. The van der Waals surface area contributed by atoms with Crippen LogP contribution in [0.15, 0.2) is 42.5 Å². The first-order valence-electron chi connectivity index (χ1n) is 11.5. The van der Waals surface area contributed by atoms with Gasteiger partial charge < -0.3 is 15.4 Å². The third-order valence-electron chi connectivity index (χ3n) is 6.55. The number of nitrogens with one attached hydrogen (secondary N) is 2. The molecule has 2 N–H and O–H groups in total. The Bertz CT molecular complexity index is 1020. The highest BCUT2D eigenvalue weighted by Gasteiger charge is 2.44. The van der Waals surface area contributed by atoms with E-state index in [0.29, 0.717) is 36.6 Å². The summed E-state index contributed by atoms with van der Waals surface area (Å²) in [5, 5.41) is 6.93. The van der Waals surface area contributed by atoms with E-state index in [1.165, 1.54) is 10.5 Å². The first-order chi connectivity index (χ1) is 15.6. The molecule has 176 valence electrons. The molecule has 33 heavy (non-hydrogen) atoms. The van der Waals surface area contributed by atoms with E-state index in [0.717, 1.165) is 11.4 Å². The van der Waals surface area contributed by atoms with E-state index < -0.39 is 5.54 Å². The van der Waals surface area contributed by atoms with Crippen LogP contribution in [-0.4, -0.2) is 36.1 Å². The maximum Gasteiger partial charge on any atom is 0.325 e. The number of anilines is 2. The number of imide groups is 1. The van der Waals surface area contributed by atoms with Crippen LogP contribution in [0.2, 0.25) is 5.02 Å². The zero-order valence-electron chi connectivity index (χ0n) is 19.7. The lowest BCUT2D eigenvalue weighted by molar-refractivity contribution is -0.135. The van der Waals surface area contributed by atoms with Crippen LogP contribution in [0.4, 0.5) is 16.2 Å². The van der Waals surface area contributed by atoms with E-state index in [2.05, 4.69) is 43.5 Å². The summed E-state index contributed by atoms with van der Waals surface area (Å²) in [7, 11) is 0. The van der Waals surface area contributed by atoms with Crippen LogP contribution in [0, 0.1) is 0 Å². The van der Waals surface area contributed by atoms with Crippen molar-refractivity contribution in [1.82, 2.24) is 10.2 Å². The second kappa shape index (κ2) is 8.99. The van der Waals surface area contributed by atoms with Gasteiger partial charge in [-0.1, -0.05) is 56.6 Å². The van der Waals surface area contributed by atoms with Crippen LogP contribution in [0.25, 0.3) is 0 Å².